The SMILES string of the molecule is O=C(O)C(O)CN1CC(CCl)CC1=O. The summed E-state index contributed by atoms with van der Waals surface area (Å²) < 4.78 is 0. The average molecular weight is 222 g/mol. The normalized spacial score (nSPS) is 24.0. The van der Waals surface area contributed by atoms with Crippen LogP contribution in [-0.2, 0) is 9.59 Å². The fourth-order valence-electron chi connectivity index (χ4n) is 1.42. The molecule has 5 nitrogen and oxygen atoms in total. The molecule has 1 amide bonds. The van der Waals surface area contributed by atoms with Crippen LogP contribution in [0.5, 0.6) is 0 Å². The van der Waals surface area contributed by atoms with Gasteiger partial charge in [-0.15, -0.1) is 11.6 Å². The molecule has 0 spiro atoms. The Balaban J connectivity index is 2.46. The molecule has 1 heterocycles. The third kappa shape index (κ3) is 2.59. The van der Waals surface area contributed by atoms with E-state index in [1.54, 1.807) is 0 Å². The predicted octanol–water partition coefficient (Wildman–Crippen LogP) is -0.481. The van der Waals surface area contributed by atoms with Crippen molar-refractivity contribution in [3.05, 3.63) is 0 Å². The van der Waals surface area contributed by atoms with Gasteiger partial charge in [-0.3, -0.25) is 4.79 Å². The van der Waals surface area contributed by atoms with E-state index in [0.29, 0.717) is 18.8 Å². The van der Waals surface area contributed by atoms with Gasteiger partial charge in [-0.2, -0.15) is 0 Å². The van der Waals surface area contributed by atoms with Crippen molar-refractivity contribution < 1.29 is 19.8 Å². The van der Waals surface area contributed by atoms with E-state index in [2.05, 4.69) is 0 Å². The minimum absolute atomic E-state index is 0.0742. The van der Waals surface area contributed by atoms with E-state index in [0.717, 1.165) is 0 Å². The number of amides is 1. The van der Waals surface area contributed by atoms with Gasteiger partial charge in [0.25, 0.3) is 0 Å². The lowest BCUT2D eigenvalue weighted by Crippen LogP contribution is -2.37. The molecule has 80 valence electrons. The van der Waals surface area contributed by atoms with E-state index in [4.69, 9.17) is 21.8 Å². The van der Waals surface area contributed by atoms with Crippen molar-refractivity contribution in [2.24, 2.45) is 5.92 Å². The van der Waals surface area contributed by atoms with Gasteiger partial charge in [0, 0.05) is 18.8 Å². The highest BCUT2D eigenvalue weighted by atomic mass is 35.5. The number of halogens is 1. The zero-order valence-corrected chi connectivity index (χ0v) is 8.28. The van der Waals surface area contributed by atoms with Crippen molar-refractivity contribution in [3.63, 3.8) is 0 Å². The summed E-state index contributed by atoms with van der Waals surface area (Å²) in [5.41, 5.74) is 0. The van der Waals surface area contributed by atoms with Gasteiger partial charge in [0.2, 0.25) is 5.91 Å². The zero-order valence-electron chi connectivity index (χ0n) is 7.52. The molecule has 0 aromatic heterocycles. The molecular weight excluding hydrogens is 210 g/mol. The maximum absolute atomic E-state index is 11.3. The molecular formula is C8H12ClNO4. The molecule has 2 unspecified atom stereocenters. The number of aliphatic carboxylic acids is 1. The number of aliphatic hydroxyl groups excluding tert-OH is 1. The number of nitrogens with zero attached hydrogens (tertiary/aromatic N) is 1. The van der Waals surface area contributed by atoms with Crippen LogP contribution in [0.2, 0.25) is 0 Å². The molecule has 1 saturated heterocycles. The molecule has 0 saturated carbocycles. The molecule has 0 bridgehead atoms. The Morgan fingerprint density at radius 1 is 1.71 bits per heavy atom. The second-order valence-electron chi connectivity index (χ2n) is 3.38. The molecule has 0 radical (unpaired) electrons. The number of alkyl halides is 1. The summed E-state index contributed by atoms with van der Waals surface area (Å²) in [5.74, 6) is -1.00. The van der Waals surface area contributed by atoms with E-state index < -0.39 is 12.1 Å². The van der Waals surface area contributed by atoms with Gasteiger partial charge in [0.05, 0.1) is 6.54 Å². The quantitative estimate of drug-likeness (QED) is 0.629. The Labute approximate surface area is 86.3 Å². The van der Waals surface area contributed by atoms with Crippen molar-refractivity contribution in [2.75, 3.05) is 19.0 Å². The van der Waals surface area contributed by atoms with Crippen LogP contribution in [0.4, 0.5) is 0 Å². The van der Waals surface area contributed by atoms with Crippen molar-refractivity contribution in [1.29, 1.82) is 0 Å². The molecule has 14 heavy (non-hydrogen) atoms. The van der Waals surface area contributed by atoms with Gasteiger partial charge in [0.1, 0.15) is 0 Å². The van der Waals surface area contributed by atoms with Crippen molar-refractivity contribution in [1.82, 2.24) is 4.90 Å². The lowest BCUT2D eigenvalue weighted by atomic mass is 10.1. The standard InChI is InChI=1S/C8H12ClNO4/c9-2-5-1-7(12)10(3-5)4-6(11)8(13)14/h5-6,11H,1-4H2,(H,13,14). The summed E-state index contributed by atoms with van der Waals surface area (Å²) in [5, 5.41) is 17.5. The predicted molar refractivity (Wildman–Crippen MR) is 49.0 cm³/mol. The molecule has 6 heteroatoms. The molecule has 1 aliphatic heterocycles. The monoisotopic (exact) mass is 221 g/mol. The van der Waals surface area contributed by atoms with Crippen LogP contribution in [0.25, 0.3) is 0 Å². The molecule has 1 fully saturated rings. The maximum Gasteiger partial charge on any atom is 0.334 e. The number of aliphatic hydroxyl groups is 1. The highest BCUT2D eigenvalue weighted by Gasteiger charge is 2.31. The Bertz CT molecular complexity index is 245. The first-order valence-corrected chi connectivity index (χ1v) is 4.82. The number of likely N-dealkylation sites (tertiary alicyclic amines) is 1. The minimum Gasteiger partial charge on any atom is -0.479 e. The molecule has 0 aliphatic carbocycles. The fourth-order valence-corrected chi connectivity index (χ4v) is 1.63. The first kappa shape index (κ1) is 11.3. The number of hydrogen-bond donors (Lipinski definition) is 2. The van der Waals surface area contributed by atoms with Gasteiger partial charge in [-0.1, -0.05) is 0 Å². The van der Waals surface area contributed by atoms with Crippen molar-refractivity contribution in [3.8, 4) is 0 Å². The van der Waals surface area contributed by atoms with Crippen LogP contribution in [-0.4, -0.2) is 52.1 Å². The van der Waals surface area contributed by atoms with E-state index in [9.17, 15) is 9.59 Å². The van der Waals surface area contributed by atoms with Crippen LogP contribution in [0, 0.1) is 5.92 Å². The molecule has 1 aliphatic rings. The second kappa shape index (κ2) is 4.61. The summed E-state index contributed by atoms with van der Waals surface area (Å²) >= 11 is 5.58. The van der Waals surface area contributed by atoms with E-state index in [1.807, 2.05) is 0 Å². The Hall–Kier alpha value is -0.810. The average Bonchev–Trinajstić information content (AvgIpc) is 2.47. The summed E-state index contributed by atoms with van der Waals surface area (Å²) in [6, 6.07) is 0. The Morgan fingerprint density at radius 2 is 2.36 bits per heavy atom. The smallest absolute Gasteiger partial charge is 0.334 e. The van der Waals surface area contributed by atoms with Crippen LogP contribution in [0.15, 0.2) is 0 Å². The summed E-state index contributed by atoms with van der Waals surface area (Å²) in [4.78, 5) is 22.9. The van der Waals surface area contributed by atoms with Gasteiger partial charge < -0.3 is 15.1 Å². The number of carbonyl (C=O) groups excluding carboxylic acids is 1. The van der Waals surface area contributed by atoms with E-state index in [1.165, 1.54) is 4.90 Å². The number of β-amino-alcohol motifs (C(OH)–C–C–N with tert-alkyl or cyclic N) is 1. The lowest BCUT2D eigenvalue weighted by molar-refractivity contribution is -0.148. The van der Waals surface area contributed by atoms with Gasteiger partial charge in [-0.25, -0.2) is 4.79 Å². The lowest BCUT2D eigenvalue weighted by Gasteiger charge is -2.17. The van der Waals surface area contributed by atoms with E-state index in [-0.39, 0.29) is 18.4 Å². The maximum atomic E-state index is 11.3. The zero-order chi connectivity index (χ0) is 10.7. The number of rotatable bonds is 4. The van der Waals surface area contributed by atoms with E-state index >= 15 is 0 Å². The Morgan fingerprint density at radius 3 is 2.79 bits per heavy atom. The minimum atomic E-state index is -1.51. The van der Waals surface area contributed by atoms with Crippen molar-refractivity contribution in [2.45, 2.75) is 12.5 Å². The third-order valence-corrected chi connectivity index (χ3v) is 2.63. The highest BCUT2D eigenvalue weighted by Crippen LogP contribution is 2.18. The molecule has 0 aromatic rings. The Kier molecular flexibility index (Phi) is 3.71. The first-order chi connectivity index (χ1) is 6.54. The number of hydrogen-bond acceptors (Lipinski definition) is 3. The number of carboxylic acids is 1. The summed E-state index contributed by atoms with van der Waals surface area (Å²) in [6.45, 7) is 0.286. The highest BCUT2D eigenvalue weighted by molar-refractivity contribution is 6.18. The summed E-state index contributed by atoms with van der Waals surface area (Å²) in [6.07, 6.45) is -1.16. The largest absolute Gasteiger partial charge is 0.479 e. The molecule has 2 N–H and O–H groups in total. The van der Waals surface area contributed by atoms with Crippen LogP contribution in [0.1, 0.15) is 6.42 Å². The molecule has 1 rings (SSSR count). The number of carbonyl (C=O) groups is 2. The van der Waals surface area contributed by atoms with Gasteiger partial charge >= 0.3 is 5.97 Å². The number of carboxylic acid groups (broad SMARTS) is 1. The van der Waals surface area contributed by atoms with Crippen LogP contribution >= 0.6 is 11.6 Å². The van der Waals surface area contributed by atoms with Crippen LogP contribution < -0.4 is 0 Å². The van der Waals surface area contributed by atoms with Crippen molar-refractivity contribution >= 4 is 23.5 Å². The summed E-state index contributed by atoms with van der Waals surface area (Å²) in [7, 11) is 0. The van der Waals surface area contributed by atoms with Gasteiger partial charge in [-0.05, 0) is 5.92 Å². The topological polar surface area (TPSA) is 77.8 Å². The fraction of sp³-hybridized carbons (Fsp3) is 0.750. The first-order valence-electron chi connectivity index (χ1n) is 4.29. The van der Waals surface area contributed by atoms with Crippen LogP contribution in [0.3, 0.4) is 0 Å². The van der Waals surface area contributed by atoms with Gasteiger partial charge in [0.15, 0.2) is 6.10 Å². The molecule has 0 aromatic carbocycles. The molecule has 2 atom stereocenters. The second-order valence-corrected chi connectivity index (χ2v) is 3.69. The third-order valence-electron chi connectivity index (χ3n) is 2.19.